The number of hydrogen-bond donors (Lipinski definition) is 1. The highest BCUT2D eigenvalue weighted by atomic mass is 79.9. The van der Waals surface area contributed by atoms with Crippen molar-refractivity contribution in [3.05, 3.63) is 57.4 Å². The number of thiazole rings is 1. The third kappa shape index (κ3) is 3.33. The molecule has 1 heterocycles. The molecule has 22 heavy (non-hydrogen) atoms. The molecule has 0 aliphatic heterocycles. The molecule has 3 rings (SSSR count). The number of phenolic OH excluding ortho intramolecular Hbond substituents is 1. The summed E-state index contributed by atoms with van der Waals surface area (Å²) in [6, 6.07) is 15.2. The maximum atomic E-state index is 9.50. The second kappa shape index (κ2) is 6.53. The number of phenols is 1. The fourth-order valence-electron chi connectivity index (χ4n) is 1.84. The molecule has 0 atom stereocenters. The second-order valence-corrected chi connectivity index (χ2v) is 7.55. The van der Waals surface area contributed by atoms with E-state index in [0.717, 1.165) is 20.1 Å². The molecule has 0 aliphatic rings. The molecule has 108 valence electrons. The first-order chi connectivity index (χ1) is 10.7. The van der Waals surface area contributed by atoms with Gasteiger partial charge in [0.2, 0.25) is 0 Å². The number of halogens is 1. The minimum atomic E-state index is 0.175. The molecule has 0 bridgehead atoms. The van der Waals surface area contributed by atoms with Crippen molar-refractivity contribution in [3.8, 4) is 11.8 Å². The molecular weight excluding hydrogens is 380 g/mol. The number of rotatable bonds is 3. The summed E-state index contributed by atoms with van der Waals surface area (Å²) in [5, 5.41) is 18.8. The van der Waals surface area contributed by atoms with Crippen molar-refractivity contribution in [3.63, 3.8) is 0 Å². The molecule has 0 amide bonds. The van der Waals surface area contributed by atoms with Gasteiger partial charge < -0.3 is 5.11 Å². The van der Waals surface area contributed by atoms with Crippen LogP contribution in [0.1, 0.15) is 5.56 Å². The lowest BCUT2D eigenvalue weighted by atomic mass is 10.2. The molecular formula is C16H9BrN2OS2. The number of thioether (sulfide) groups is 1. The molecule has 0 fully saturated rings. The van der Waals surface area contributed by atoms with Gasteiger partial charge in [0.15, 0.2) is 4.34 Å². The van der Waals surface area contributed by atoms with Gasteiger partial charge in [0.1, 0.15) is 11.8 Å². The number of nitrogens with zero attached hydrogens (tertiary/aromatic N) is 2. The van der Waals surface area contributed by atoms with Crippen LogP contribution in [0.25, 0.3) is 16.3 Å². The minimum absolute atomic E-state index is 0.175. The van der Waals surface area contributed by atoms with Crippen LogP contribution < -0.4 is 0 Å². The monoisotopic (exact) mass is 388 g/mol. The van der Waals surface area contributed by atoms with Crippen LogP contribution in [-0.4, -0.2) is 10.1 Å². The number of nitriles is 1. The van der Waals surface area contributed by atoms with Crippen molar-refractivity contribution in [2.45, 2.75) is 4.34 Å². The fraction of sp³-hybridized carbons (Fsp3) is 0. The molecule has 1 aromatic heterocycles. The van der Waals surface area contributed by atoms with Crippen LogP contribution in [0, 0.1) is 11.3 Å². The predicted octanol–water partition coefficient (Wildman–Crippen LogP) is 5.42. The van der Waals surface area contributed by atoms with E-state index >= 15 is 0 Å². The number of fused-ring (bicyclic) bond motifs is 1. The summed E-state index contributed by atoms with van der Waals surface area (Å²) in [6.45, 7) is 0. The molecule has 0 saturated heterocycles. The molecule has 0 unspecified atom stereocenters. The highest BCUT2D eigenvalue weighted by molar-refractivity contribution is 9.10. The van der Waals surface area contributed by atoms with E-state index in [4.69, 9.17) is 0 Å². The molecule has 0 aliphatic carbocycles. The third-order valence-electron chi connectivity index (χ3n) is 2.85. The quantitative estimate of drug-likeness (QED) is 0.480. The summed E-state index contributed by atoms with van der Waals surface area (Å²) in [6.07, 6.45) is 1.78. The van der Waals surface area contributed by atoms with Gasteiger partial charge in [-0.2, -0.15) is 5.26 Å². The van der Waals surface area contributed by atoms with Crippen molar-refractivity contribution in [2.24, 2.45) is 0 Å². The van der Waals surface area contributed by atoms with Gasteiger partial charge in [-0.1, -0.05) is 18.2 Å². The van der Waals surface area contributed by atoms with E-state index in [2.05, 4.69) is 27.0 Å². The third-order valence-corrected chi connectivity index (χ3v) is 5.51. The Hall–Kier alpha value is -1.81. The van der Waals surface area contributed by atoms with E-state index in [0.29, 0.717) is 9.38 Å². The lowest BCUT2D eigenvalue weighted by Gasteiger charge is -1.99. The molecule has 0 spiro atoms. The predicted molar refractivity (Wildman–Crippen MR) is 94.9 cm³/mol. The number of para-hydroxylation sites is 1. The van der Waals surface area contributed by atoms with Gasteiger partial charge in [-0.25, -0.2) is 4.98 Å². The Balaban J connectivity index is 1.89. The lowest BCUT2D eigenvalue weighted by Crippen LogP contribution is -1.77. The smallest absolute Gasteiger partial charge is 0.156 e. The molecule has 3 aromatic rings. The molecule has 1 N–H and O–H groups in total. The van der Waals surface area contributed by atoms with Crippen molar-refractivity contribution < 1.29 is 5.11 Å². The van der Waals surface area contributed by atoms with Gasteiger partial charge in [0.25, 0.3) is 0 Å². The standard InChI is InChI=1S/C16H9BrN2OS2/c17-12-8-10(5-6-14(12)20)7-11(9-18)21-16-19-13-3-1-2-4-15(13)22-16/h1-8,20H. The zero-order chi connectivity index (χ0) is 15.5. The first kappa shape index (κ1) is 15.1. The topological polar surface area (TPSA) is 56.9 Å². The van der Waals surface area contributed by atoms with Crippen molar-refractivity contribution >= 4 is 55.3 Å². The molecule has 3 nitrogen and oxygen atoms in total. The zero-order valence-corrected chi connectivity index (χ0v) is 14.4. The first-order valence-corrected chi connectivity index (χ1v) is 8.72. The number of hydrogen-bond acceptors (Lipinski definition) is 5. The van der Waals surface area contributed by atoms with Gasteiger partial charge in [0, 0.05) is 0 Å². The highest BCUT2D eigenvalue weighted by Crippen LogP contribution is 2.35. The zero-order valence-electron chi connectivity index (χ0n) is 11.2. The van der Waals surface area contributed by atoms with Gasteiger partial charge >= 0.3 is 0 Å². The molecule has 6 heteroatoms. The van der Waals surface area contributed by atoms with Crippen LogP contribution in [0.15, 0.2) is 56.2 Å². The van der Waals surface area contributed by atoms with E-state index in [1.165, 1.54) is 11.8 Å². The van der Waals surface area contributed by atoms with Crippen LogP contribution in [0.2, 0.25) is 0 Å². The van der Waals surface area contributed by atoms with Crippen LogP contribution in [-0.2, 0) is 0 Å². The summed E-state index contributed by atoms with van der Waals surface area (Å²) in [5.41, 5.74) is 1.79. The summed E-state index contributed by atoms with van der Waals surface area (Å²) in [4.78, 5) is 5.07. The van der Waals surface area contributed by atoms with Crippen molar-refractivity contribution in [2.75, 3.05) is 0 Å². The minimum Gasteiger partial charge on any atom is -0.507 e. The summed E-state index contributed by atoms with van der Waals surface area (Å²) >= 11 is 6.19. The Labute approximate surface area is 144 Å². The average molecular weight is 389 g/mol. The Morgan fingerprint density at radius 2 is 2.14 bits per heavy atom. The van der Waals surface area contributed by atoms with Gasteiger partial charge in [-0.05, 0) is 63.6 Å². The average Bonchev–Trinajstić information content (AvgIpc) is 2.92. The fourth-order valence-corrected chi connectivity index (χ4v) is 4.21. The Bertz CT molecular complexity index is 879. The van der Waals surface area contributed by atoms with Crippen molar-refractivity contribution in [1.82, 2.24) is 4.98 Å². The van der Waals surface area contributed by atoms with E-state index < -0.39 is 0 Å². The maximum Gasteiger partial charge on any atom is 0.156 e. The van der Waals surface area contributed by atoms with Crippen LogP contribution >= 0.6 is 39.0 Å². The van der Waals surface area contributed by atoms with E-state index in [-0.39, 0.29) is 5.75 Å². The molecule has 0 saturated carbocycles. The Morgan fingerprint density at radius 3 is 2.86 bits per heavy atom. The van der Waals surface area contributed by atoms with Crippen LogP contribution in [0.4, 0.5) is 0 Å². The highest BCUT2D eigenvalue weighted by Gasteiger charge is 2.07. The van der Waals surface area contributed by atoms with Gasteiger partial charge in [-0.15, -0.1) is 11.3 Å². The summed E-state index contributed by atoms with van der Waals surface area (Å²) in [5.74, 6) is 0.175. The number of aromatic nitrogens is 1. The SMILES string of the molecule is N#CC(=Cc1ccc(O)c(Br)c1)Sc1nc2ccccc2s1. The molecule has 0 radical (unpaired) electrons. The normalized spacial score (nSPS) is 11.5. The maximum absolute atomic E-state index is 9.50. The number of aromatic hydroxyl groups is 1. The van der Waals surface area contributed by atoms with Gasteiger partial charge in [-0.3, -0.25) is 0 Å². The largest absolute Gasteiger partial charge is 0.507 e. The second-order valence-electron chi connectivity index (χ2n) is 4.38. The van der Waals surface area contributed by atoms with Crippen LogP contribution in [0.3, 0.4) is 0 Å². The van der Waals surface area contributed by atoms with Crippen LogP contribution in [0.5, 0.6) is 5.75 Å². The van der Waals surface area contributed by atoms with E-state index in [9.17, 15) is 10.4 Å². The number of allylic oxidation sites excluding steroid dienone is 1. The number of benzene rings is 2. The van der Waals surface area contributed by atoms with Gasteiger partial charge in [0.05, 0.1) is 19.6 Å². The Kier molecular flexibility index (Phi) is 4.48. The van der Waals surface area contributed by atoms with E-state index in [1.807, 2.05) is 24.3 Å². The first-order valence-electron chi connectivity index (χ1n) is 6.29. The lowest BCUT2D eigenvalue weighted by molar-refractivity contribution is 0.472. The summed E-state index contributed by atoms with van der Waals surface area (Å²) in [7, 11) is 0. The summed E-state index contributed by atoms with van der Waals surface area (Å²) < 4.78 is 2.55. The molecule has 2 aromatic carbocycles. The van der Waals surface area contributed by atoms with E-state index in [1.54, 1.807) is 35.6 Å². The van der Waals surface area contributed by atoms with Crippen molar-refractivity contribution in [1.29, 1.82) is 5.26 Å². The Morgan fingerprint density at radius 1 is 1.32 bits per heavy atom.